The molecule has 2 aromatic heterocycles. The lowest BCUT2D eigenvalue weighted by Crippen LogP contribution is -2.41. The summed E-state index contributed by atoms with van der Waals surface area (Å²) in [6.45, 7) is 2.94. The van der Waals surface area contributed by atoms with E-state index in [0.717, 1.165) is 4.88 Å². The number of nitrogens with one attached hydrogen (secondary N) is 1. The Labute approximate surface area is 178 Å². The van der Waals surface area contributed by atoms with E-state index in [-0.39, 0.29) is 17.7 Å². The third kappa shape index (κ3) is 4.09. The third-order valence-electron chi connectivity index (χ3n) is 5.25. The number of carbonyl (C=O) groups is 2. The maximum Gasteiger partial charge on any atom is 0.273 e. The first-order valence-electron chi connectivity index (χ1n) is 9.81. The highest BCUT2D eigenvalue weighted by Crippen LogP contribution is 2.30. The number of para-hydroxylation sites is 2. The summed E-state index contributed by atoms with van der Waals surface area (Å²) in [5, 5.41) is 3.65. The number of methoxy groups -OCH3 is 1. The van der Waals surface area contributed by atoms with Gasteiger partial charge in [0.2, 0.25) is 5.91 Å². The van der Waals surface area contributed by atoms with Crippen LogP contribution in [0, 0.1) is 12.8 Å². The molecule has 0 spiro atoms. The molecule has 1 saturated heterocycles. The van der Waals surface area contributed by atoms with Crippen LogP contribution in [0.1, 0.15) is 28.2 Å². The second-order valence-electron chi connectivity index (χ2n) is 7.16. The van der Waals surface area contributed by atoms with Crippen LogP contribution in [0.2, 0.25) is 0 Å². The first-order valence-corrected chi connectivity index (χ1v) is 10.6. The standard InChI is InChI=1S/C22H23N3O4S/c1-14-19(24-21(30-14)18-8-5-13-29-18)22(27)25-11-9-15(10-12-25)20(26)23-16-6-3-4-7-17(16)28-2/h3-8,13,15H,9-12H2,1-2H3,(H,23,26). The van der Waals surface area contributed by atoms with Gasteiger partial charge in [-0.15, -0.1) is 11.3 Å². The smallest absolute Gasteiger partial charge is 0.273 e. The molecule has 30 heavy (non-hydrogen) atoms. The van der Waals surface area contributed by atoms with Crippen LogP contribution in [0.5, 0.6) is 5.75 Å². The summed E-state index contributed by atoms with van der Waals surface area (Å²) in [6, 6.07) is 11.0. The first-order chi connectivity index (χ1) is 14.6. The molecule has 156 valence electrons. The van der Waals surface area contributed by atoms with E-state index >= 15 is 0 Å². The topological polar surface area (TPSA) is 84.7 Å². The molecule has 7 nitrogen and oxygen atoms in total. The molecule has 8 heteroatoms. The molecule has 3 heterocycles. The van der Waals surface area contributed by atoms with Crippen molar-refractivity contribution in [2.24, 2.45) is 5.92 Å². The zero-order valence-electron chi connectivity index (χ0n) is 16.9. The molecule has 0 saturated carbocycles. The maximum atomic E-state index is 13.0. The van der Waals surface area contributed by atoms with Gasteiger partial charge < -0.3 is 19.4 Å². The Morgan fingerprint density at radius 1 is 1.20 bits per heavy atom. The van der Waals surface area contributed by atoms with Crippen molar-refractivity contribution in [2.75, 3.05) is 25.5 Å². The fourth-order valence-electron chi connectivity index (χ4n) is 3.58. The summed E-state index contributed by atoms with van der Waals surface area (Å²) in [6.07, 6.45) is 2.82. The largest absolute Gasteiger partial charge is 0.495 e. The molecule has 2 amide bonds. The molecule has 4 rings (SSSR count). The fraction of sp³-hybridized carbons (Fsp3) is 0.318. The van der Waals surface area contributed by atoms with Crippen molar-refractivity contribution in [3.8, 4) is 16.5 Å². The predicted molar refractivity (Wildman–Crippen MR) is 115 cm³/mol. The number of ether oxygens (including phenoxy) is 1. The summed E-state index contributed by atoms with van der Waals surface area (Å²) < 4.78 is 10.7. The van der Waals surface area contributed by atoms with Crippen molar-refractivity contribution in [3.63, 3.8) is 0 Å². The van der Waals surface area contributed by atoms with Gasteiger partial charge in [-0.05, 0) is 44.0 Å². The Bertz CT molecular complexity index is 1040. The lowest BCUT2D eigenvalue weighted by molar-refractivity contribution is -0.121. The molecule has 0 unspecified atom stereocenters. The van der Waals surface area contributed by atoms with Crippen molar-refractivity contribution in [1.82, 2.24) is 9.88 Å². The number of furan rings is 1. The molecule has 0 aliphatic carbocycles. The number of aromatic nitrogens is 1. The number of rotatable bonds is 5. The van der Waals surface area contributed by atoms with Gasteiger partial charge in [0.05, 0.1) is 19.1 Å². The zero-order chi connectivity index (χ0) is 21.1. The van der Waals surface area contributed by atoms with Crippen LogP contribution >= 0.6 is 11.3 Å². The number of likely N-dealkylation sites (tertiary alicyclic amines) is 1. The molecule has 1 fully saturated rings. The summed E-state index contributed by atoms with van der Waals surface area (Å²) in [5.41, 5.74) is 1.12. The zero-order valence-corrected chi connectivity index (χ0v) is 17.7. The van der Waals surface area contributed by atoms with Gasteiger partial charge in [0, 0.05) is 23.9 Å². The van der Waals surface area contributed by atoms with Crippen LogP contribution in [0.15, 0.2) is 47.1 Å². The number of piperidine rings is 1. The lowest BCUT2D eigenvalue weighted by atomic mass is 9.95. The van der Waals surface area contributed by atoms with E-state index in [2.05, 4.69) is 10.3 Å². The Morgan fingerprint density at radius 3 is 2.67 bits per heavy atom. The number of aryl methyl sites for hydroxylation is 1. The van der Waals surface area contributed by atoms with Crippen LogP contribution in [0.25, 0.3) is 10.8 Å². The van der Waals surface area contributed by atoms with Crippen molar-refractivity contribution < 1.29 is 18.7 Å². The number of nitrogens with zero attached hydrogens (tertiary/aromatic N) is 2. The quantitative estimate of drug-likeness (QED) is 0.662. The highest BCUT2D eigenvalue weighted by atomic mass is 32.1. The monoisotopic (exact) mass is 425 g/mol. The average Bonchev–Trinajstić information content (AvgIpc) is 3.43. The predicted octanol–water partition coefficient (Wildman–Crippen LogP) is 4.21. The summed E-state index contributed by atoms with van der Waals surface area (Å²) in [5.74, 6) is 1.01. The van der Waals surface area contributed by atoms with Crippen molar-refractivity contribution in [2.45, 2.75) is 19.8 Å². The second-order valence-corrected chi connectivity index (χ2v) is 8.36. The molecule has 0 atom stereocenters. The third-order valence-corrected chi connectivity index (χ3v) is 6.23. The minimum atomic E-state index is -0.144. The van der Waals surface area contributed by atoms with E-state index < -0.39 is 0 Å². The van der Waals surface area contributed by atoms with Crippen LogP contribution in [0.3, 0.4) is 0 Å². The van der Waals surface area contributed by atoms with Crippen LogP contribution in [-0.4, -0.2) is 41.9 Å². The van der Waals surface area contributed by atoms with Gasteiger partial charge >= 0.3 is 0 Å². The van der Waals surface area contributed by atoms with Crippen molar-refractivity contribution in [1.29, 1.82) is 0 Å². The molecule has 1 aromatic carbocycles. The number of hydrogen-bond donors (Lipinski definition) is 1. The van der Waals surface area contributed by atoms with Crippen LogP contribution in [0.4, 0.5) is 5.69 Å². The molecule has 0 radical (unpaired) electrons. The van der Waals surface area contributed by atoms with Gasteiger partial charge in [0.15, 0.2) is 10.8 Å². The highest BCUT2D eigenvalue weighted by molar-refractivity contribution is 7.15. The van der Waals surface area contributed by atoms with Gasteiger partial charge in [-0.1, -0.05) is 12.1 Å². The Morgan fingerprint density at radius 2 is 1.97 bits per heavy atom. The number of anilines is 1. The SMILES string of the molecule is COc1ccccc1NC(=O)C1CCN(C(=O)c2nc(-c3ccco3)sc2C)CC1. The van der Waals surface area contributed by atoms with E-state index in [9.17, 15) is 9.59 Å². The Hall–Kier alpha value is -3.13. The van der Waals surface area contributed by atoms with Crippen molar-refractivity contribution in [3.05, 3.63) is 53.2 Å². The second kappa shape index (κ2) is 8.71. The van der Waals surface area contributed by atoms with E-state index in [0.29, 0.717) is 53.8 Å². The van der Waals surface area contributed by atoms with Gasteiger partial charge in [-0.25, -0.2) is 4.98 Å². The number of thiazole rings is 1. The molecule has 1 N–H and O–H groups in total. The number of benzene rings is 1. The minimum absolute atomic E-state index is 0.0449. The molecule has 3 aromatic rings. The van der Waals surface area contributed by atoms with Gasteiger partial charge in [0.25, 0.3) is 5.91 Å². The van der Waals surface area contributed by atoms with E-state index in [1.165, 1.54) is 11.3 Å². The van der Waals surface area contributed by atoms with Gasteiger partial charge in [-0.2, -0.15) is 0 Å². The molecular weight excluding hydrogens is 402 g/mol. The van der Waals surface area contributed by atoms with Crippen LogP contribution in [-0.2, 0) is 4.79 Å². The summed E-state index contributed by atoms with van der Waals surface area (Å²) >= 11 is 1.45. The fourth-order valence-corrected chi connectivity index (χ4v) is 4.45. The maximum absolute atomic E-state index is 13.0. The van der Waals surface area contributed by atoms with Crippen molar-refractivity contribution >= 4 is 28.8 Å². The Kier molecular flexibility index (Phi) is 5.85. The Balaban J connectivity index is 1.37. The number of amides is 2. The minimum Gasteiger partial charge on any atom is -0.495 e. The lowest BCUT2D eigenvalue weighted by Gasteiger charge is -2.31. The van der Waals surface area contributed by atoms with Crippen LogP contribution < -0.4 is 10.1 Å². The molecule has 1 aliphatic rings. The normalized spacial score (nSPS) is 14.5. The molecule has 0 bridgehead atoms. The van der Waals surface area contributed by atoms with Gasteiger partial charge in [-0.3, -0.25) is 9.59 Å². The van der Waals surface area contributed by atoms with E-state index in [1.807, 2.05) is 37.3 Å². The summed E-state index contributed by atoms with van der Waals surface area (Å²) in [4.78, 5) is 32.8. The van der Waals surface area contributed by atoms with Gasteiger partial charge in [0.1, 0.15) is 11.4 Å². The van der Waals surface area contributed by atoms with E-state index in [4.69, 9.17) is 9.15 Å². The number of carbonyl (C=O) groups excluding carboxylic acids is 2. The molecule has 1 aliphatic heterocycles. The highest BCUT2D eigenvalue weighted by Gasteiger charge is 2.30. The average molecular weight is 426 g/mol. The van der Waals surface area contributed by atoms with E-state index in [1.54, 1.807) is 24.3 Å². The summed E-state index contributed by atoms with van der Waals surface area (Å²) in [7, 11) is 1.58. The molecular formula is C22H23N3O4S. The number of hydrogen-bond acceptors (Lipinski definition) is 6. The first kappa shape index (κ1) is 20.2.